The van der Waals surface area contributed by atoms with Crippen LogP contribution in [-0.4, -0.2) is 14.4 Å². The van der Waals surface area contributed by atoms with Crippen LogP contribution in [0.25, 0.3) is 0 Å². The third-order valence-corrected chi connectivity index (χ3v) is 4.99. The molecule has 0 aromatic carbocycles. The van der Waals surface area contributed by atoms with E-state index in [-0.39, 0.29) is 4.83 Å². The van der Waals surface area contributed by atoms with Gasteiger partial charge in [-0.15, -0.1) is 0 Å². The zero-order valence-corrected chi connectivity index (χ0v) is 9.70. The van der Waals surface area contributed by atoms with Gasteiger partial charge in [0.15, 0.2) is 0 Å². The van der Waals surface area contributed by atoms with E-state index in [4.69, 9.17) is 0 Å². The second-order valence-electron chi connectivity index (χ2n) is 3.24. The van der Waals surface area contributed by atoms with E-state index in [1.54, 1.807) is 0 Å². The summed E-state index contributed by atoms with van der Waals surface area (Å²) in [6.45, 7) is 0. The Morgan fingerprint density at radius 3 is 2.55 bits per heavy atom. The fourth-order valence-electron chi connectivity index (χ4n) is 1.43. The molecule has 0 heterocycles. The Morgan fingerprint density at radius 2 is 1.82 bits per heavy atom. The zero-order valence-electron chi connectivity index (χ0n) is 6.52. The lowest BCUT2D eigenvalue weighted by molar-refractivity contribution is 0.122. The van der Waals surface area contributed by atoms with Crippen molar-refractivity contribution in [1.29, 1.82) is 0 Å². The normalized spacial score (nSPS) is 41.2. The molecule has 2 unspecified atom stereocenters. The molecule has 0 saturated heterocycles. The summed E-state index contributed by atoms with van der Waals surface area (Å²) in [5.74, 6) is 0. The molecule has 1 saturated carbocycles. The van der Waals surface area contributed by atoms with Crippen molar-refractivity contribution in [3.8, 4) is 0 Å². The summed E-state index contributed by atoms with van der Waals surface area (Å²) < 4.78 is -0.659. The highest BCUT2D eigenvalue weighted by atomic mass is 79.9. The van der Waals surface area contributed by atoms with Crippen molar-refractivity contribution in [2.45, 2.75) is 47.9 Å². The van der Waals surface area contributed by atoms with Crippen LogP contribution in [0.5, 0.6) is 0 Å². The first-order valence-corrected chi connectivity index (χ1v) is 5.89. The van der Waals surface area contributed by atoms with Gasteiger partial charge in [0.2, 0.25) is 0 Å². The van der Waals surface area contributed by atoms with E-state index in [1.165, 1.54) is 19.3 Å². The van der Waals surface area contributed by atoms with Crippen molar-refractivity contribution >= 4 is 31.9 Å². The van der Waals surface area contributed by atoms with E-state index in [9.17, 15) is 5.11 Å². The molecule has 0 aliphatic heterocycles. The third kappa shape index (κ3) is 3.03. The monoisotopic (exact) mass is 284 g/mol. The Kier molecular flexibility index (Phi) is 3.86. The molecule has 0 radical (unpaired) electrons. The summed E-state index contributed by atoms with van der Waals surface area (Å²) in [5, 5.41) is 9.82. The minimum atomic E-state index is -0.659. The Labute approximate surface area is 84.8 Å². The lowest BCUT2D eigenvalue weighted by Gasteiger charge is -2.28. The van der Waals surface area contributed by atoms with Gasteiger partial charge in [0.05, 0.1) is 4.83 Å². The van der Waals surface area contributed by atoms with Gasteiger partial charge in [-0.25, -0.2) is 0 Å². The van der Waals surface area contributed by atoms with Crippen LogP contribution in [0.4, 0.5) is 0 Å². The van der Waals surface area contributed by atoms with Crippen LogP contribution in [0, 0.1) is 0 Å². The molecule has 1 aliphatic rings. The number of rotatable bonds is 0. The third-order valence-electron chi connectivity index (χ3n) is 2.21. The largest absolute Gasteiger partial charge is 0.378 e. The highest BCUT2D eigenvalue weighted by Gasteiger charge is 2.31. The molecular weight excluding hydrogens is 272 g/mol. The maximum absolute atomic E-state index is 9.82. The van der Waals surface area contributed by atoms with E-state index < -0.39 is 4.51 Å². The number of hydrogen-bond acceptors (Lipinski definition) is 1. The maximum atomic E-state index is 9.82. The van der Waals surface area contributed by atoms with Crippen molar-refractivity contribution in [3.05, 3.63) is 0 Å². The van der Waals surface area contributed by atoms with Crippen LogP contribution < -0.4 is 0 Å². The highest BCUT2D eigenvalue weighted by molar-refractivity contribution is 9.12. The minimum Gasteiger partial charge on any atom is -0.378 e. The van der Waals surface area contributed by atoms with E-state index in [1.807, 2.05) is 0 Å². The SMILES string of the molecule is OC1(Br)CCCCCCC1Br. The summed E-state index contributed by atoms with van der Waals surface area (Å²) in [7, 11) is 0. The van der Waals surface area contributed by atoms with E-state index in [2.05, 4.69) is 31.9 Å². The zero-order chi connectivity index (χ0) is 8.32. The average Bonchev–Trinajstić information content (AvgIpc) is 1.93. The van der Waals surface area contributed by atoms with Gasteiger partial charge in [0.1, 0.15) is 4.51 Å². The molecule has 3 heteroatoms. The smallest absolute Gasteiger partial charge is 0.131 e. The first-order chi connectivity index (χ1) is 5.13. The summed E-state index contributed by atoms with van der Waals surface area (Å²) in [6.07, 6.45) is 6.86. The van der Waals surface area contributed by atoms with Crippen molar-refractivity contribution in [2.24, 2.45) is 0 Å². The summed E-state index contributed by atoms with van der Waals surface area (Å²) >= 11 is 6.85. The fourth-order valence-corrected chi connectivity index (χ4v) is 2.49. The molecule has 0 spiro atoms. The Morgan fingerprint density at radius 1 is 1.18 bits per heavy atom. The standard InChI is InChI=1S/C8H14Br2O/c9-7-5-3-1-2-4-6-8(7,10)11/h7,11H,1-6H2. The van der Waals surface area contributed by atoms with Gasteiger partial charge >= 0.3 is 0 Å². The van der Waals surface area contributed by atoms with Crippen molar-refractivity contribution in [1.82, 2.24) is 0 Å². The topological polar surface area (TPSA) is 20.2 Å². The van der Waals surface area contributed by atoms with Crippen LogP contribution >= 0.6 is 31.9 Å². The molecule has 1 fully saturated rings. The van der Waals surface area contributed by atoms with Gasteiger partial charge in [-0.05, 0) is 19.3 Å². The highest BCUT2D eigenvalue weighted by Crippen LogP contribution is 2.35. The molecule has 0 aromatic rings. The summed E-state index contributed by atoms with van der Waals surface area (Å²) in [4.78, 5) is 0.218. The predicted molar refractivity (Wildman–Crippen MR) is 54.3 cm³/mol. The number of aliphatic hydroxyl groups is 1. The molecule has 1 N–H and O–H groups in total. The van der Waals surface area contributed by atoms with Gasteiger partial charge in [-0.3, -0.25) is 0 Å². The molecule has 2 atom stereocenters. The number of halogens is 2. The quantitative estimate of drug-likeness (QED) is 0.678. The van der Waals surface area contributed by atoms with E-state index in [0.717, 1.165) is 19.3 Å². The molecule has 66 valence electrons. The van der Waals surface area contributed by atoms with Gasteiger partial charge < -0.3 is 5.11 Å². The molecule has 0 amide bonds. The van der Waals surface area contributed by atoms with E-state index in [0.29, 0.717) is 0 Å². The number of alkyl halides is 2. The lowest BCUT2D eigenvalue weighted by atomic mass is 9.98. The molecule has 11 heavy (non-hydrogen) atoms. The second-order valence-corrected chi connectivity index (χ2v) is 5.72. The van der Waals surface area contributed by atoms with Crippen LogP contribution in [-0.2, 0) is 0 Å². The lowest BCUT2D eigenvalue weighted by Crippen LogP contribution is -2.32. The van der Waals surface area contributed by atoms with Gasteiger partial charge in [0, 0.05) is 0 Å². The summed E-state index contributed by atoms with van der Waals surface area (Å²) in [5.41, 5.74) is 0. The van der Waals surface area contributed by atoms with Crippen molar-refractivity contribution < 1.29 is 5.11 Å². The van der Waals surface area contributed by atoms with E-state index >= 15 is 0 Å². The number of hydrogen-bond donors (Lipinski definition) is 1. The van der Waals surface area contributed by atoms with Crippen LogP contribution in [0.1, 0.15) is 38.5 Å². The Bertz CT molecular complexity index is 125. The molecule has 0 aromatic heterocycles. The van der Waals surface area contributed by atoms with Crippen LogP contribution in [0.15, 0.2) is 0 Å². The first kappa shape index (κ1) is 10.0. The maximum Gasteiger partial charge on any atom is 0.131 e. The van der Waals surface area contributed by atoms with Crippen LogP contribution in [0.2, 0.25) is 0 Å². The predicted octanol–water partition coefficient (Wildman–Crippen LogP) is 3.19. The second kappa shape index (κ2) is 4.24. The molecule has 1 rings (SSSR count). The first-order valence-electron chi connectivity index (χ1n) is 4.18. The van der Waals surface area contributed by atoms with Crippen LogP contribution in [0.3, 0.4) is 0 Å². The molecule has 0 bridgehead atoms. The minimum absolute atomic E-state index is 0.218. The van der Waals surface area contributed by atoms with Crippen molar-refractivity contribution in [2.75, 3.05) is 0 Å². The van der Waals surface area contributed by atoms with Gasteiger partial charge in [0.25, 0.3) is 0 Å². The summed E-state index contributed by atoms with van der Waals surface area (Å²) in [6, 6.07) is 0. The van der Waals surface area contributed by atoms with Gasteiger partial charge in [-0.2, -0.15) is 0 Å². The molecule has 1 aliphatic carbocycles. The molecule has 1 nitrogen and oxygen atoms in total. The van der Waals surface area contributed by atoms with Crippen molar-refractivity contribution in [3.63, 3.8) is 0 Å². The fraction of sp³-hybridized carbons (Fsp3) is 1.00. The average molecular weight is 286 g/mol. The molecular formula is C8H14Br2O. The van der Waals surface area contributed by atoms with Gasteiger partial charge in [-0.1, -0.05) is 51.1 Å². The Balaban J connectivity index is 2.47. The Hall–Kier alpha value is 0.920.